The van der Waals surface area contributed by atoms with Crippen LogP contribution in [0.25, 0.3) is 0 Å². The zero-order valence-corrected chi connectivity index (χ0v) is 24.6. The lowest BCUT2D eigenvalue weighted by Crippen LogP contribution is -2.52. The summed E-state index contributed by atoms with van der Waals surface area (Å²) in [6, 6.07) is 8.80. The Morgan fingerprint density at radius 3 is 1.89 bits per heavy atom. The van der Waals surface area contributed by atoms with Crippen LogP contribution in [-0.2, 0) is 9.47 Å². The highest BCUT2D eigenvalue weighted by molar-refractivity contribution is 5.30. The van der Waals surface area contributed by atoms with Crippen molar-refractivity contribution in [2.24, 2.45) is 34.5 Å². The SMILES string of the molecule is CCC(C)(C)CC(c1ccc(OC(OCCOC23CC4CC(CC(C4)C2)C3)C(C)(C)C)cc1)C(C)C. The quantitative estimate of drug-likeness (QED) is 0.212. The van der Waals surface area contributed by atoms with Crippen molar-refractivity contribution in [1.82, 2.24) is 0 Å². The van der Waals surface area contributed by atoms with E-state index in [9.17, 15) is 0 Å². The molecule has 0 amide bonds. The Hall–Kier alpha value is -1.06. The molecule has 5 rings (SSSR count). The van der Waals surface area contributed by atoms with Gasteiger partial charge in [-0.2, -0.15) is 0 Å². The van der Waals surface area contributed by atoms with Gasteiger partial charge in [-0.1, -0.05) is 73.9 Å². The van der Waals surface area contributed by atoms with Crippen LogP contribution in [-0.4, -0.2) is 25.1 Å². The maximum atomic E-state index is 6.59. The average Bonchev–Trinajstić information content (AvgIpc) is 2.78. The largest absolute Gasteiger partial charge is 0.464 e. The fourth-order valence-corrected chi connectivity index (χ4v) is 7.48. The molecule has 4 aliphatic carbocycles. The van der Waals surface area contributed by atoms with Crippen LogP contribution in [0.3, 0.4) is 0 Å². The third-order valence-electron chi connectivity index (χ3n) is 9.54. The van der Waals surface area contributed by atoms with Crippen LogP contribution in [0.4, 0.5) is 0 Å². The summed E-state index contributed by atoms with van der Waals surface area (Å²) >= 11 is 0. The van der Waals surface area contributed by atoms with Gasteiger partial charge in [-0.25, -0.2) is 0 Å². The molecule has 0 N–H and O–H groups in total. The van der Waals surface area contributed by atoms with Crippen LogP contribution >= 0.6 is 0 Å². The standard InChI is InChI=1S/C33H54O3/c1-9-32(7,8)22-29(23(2)3)27-10-12-28(13-11-27)36-30(31(4,5)6)34-14-15-35-33-19-24-16-25(20-33)18-26(17-24)21-33/h10-13,23-26,29-30H,9,14-22H2,1-8H3. The second-order valence-electron chi connectivity index (χ2n) is 14.8. The maximum absolute atomic E-state index is 6.59. The highest BCUT2D eigenvalue weighted by Gasteiger charge is 2.51. The molecule has 4 bridgehead atoms. The Morgan fingerprint density at radius 2 is 1.42 bits per heavy atom. The van der Waals surface area contributed by atoms with E-state index in [4.69, 9.17) is 14.2 Å². The Morgan fingerprint density at radius 1 is 0.861 bits per heavy atom. The van der Waals surface area contributed by atoms with Gasteiger partial charge in [-0.15, -0.1) is 0 Å². The minimum absolute atomic E-state index is 0.120. The van der Waals surface area contributed by atoms with Gasteiger partial charge < -0.3 is 14.2 Å². The molecule has 204 valence electrons. The first kappa shape index (κ1) is 28.0. The third kappa shape index (κ3) is 6.87. The summed E-state index contributed by atoms with van der Waals surface area (Å²) in [7, 11) is 0. The molecule has 0 aromatic heterocycles. The van der Waals surface area contributed by atoms with Crippen molar-refractivity contribution in [3.05, 3.63) is 29.8 Å². The van der Waals surface area contributed by atoms with E-state index in [1.54, 1.807) is 0 Å². The number of hydrogen-bond acceptors (Lipinski definition) is 3. The van der Waals surface area contributed by atoms with E-state index in [1.165, 1.54) is 56.9 Å². The molecule has 3 heteroatoms. The first-order valence-electron chi connectivity index (χ1n) is 14.9. The Balaban J connectivity index is 1.31. The molecule has 2 unspecified atom stereocenters. The molecule has 0 heterocycles. The van der Waals surface area contributed by atoms with E-state index in [-0.39, 0.29) is 17.3 Å². The van der Waals surface area contributed by atoms with Crippen LogP contribution in [0.1, 0.15) is 118 Å². The van der Waals surface area contributed by atoms with Crippen molar-refractivity contribution >= 4 is 0 Å². The van der Waals surface area contributed by atoms with Crippen molar-refractivity contribution in [1.29, 1.82) is 0 Å². The molecule has 1 aromatic rings. The smallest absolute Gasteiger partial charge is 0.204 e. The van der Waals surface area contributed by atoms with Crippen LogP contribution < -0.4 is 4.74 Å². The number of hydrogen-bond donors (Lipinski definition) is 0. The van der Waals surface area contributed by atoms with Gasteiger partial charge in [0, 0.05) is 5.41 Å². The predicted molar refractivity (Wildman–Crippen MR) is 149 cm³/mol. The summed E-state index contributed by atoms with van der Waals surface area (Å²) in [4.78, 5) is 0. The van der Waals surface area contributed by atoms with Gasteiger partial charge in [0.1, 0.15) is 5.75 Å². The lowest BCUT2D eigenvalue weighted by molar-refractivity contribution is -0.191. The van der Waals surface area contributed by atoms with E-state index < -0.39 is 0 Å². The molecule has 0 aliphatic heterocycles. The average molecular weight is 499 g/mol. The molecular formula is C33H54O3. The van der Waals surface area contributed by atoms with Crippen LogP contribution in [0.15, 0.2) is 24.3 Å². The maximum Gasteiger partial charge on any atom is 0.204 e. The predicted octanol–water partition coefficient (Wildman–Crippen LogP) is 9.01. The van der Waals surface area contributed by atoms with Gasteiger partial charge in [0.25, 0.3) is 0 Å². The van der Waals surface area contributed by atoms with Crippen molar-refractivity contribution < 1.29 is 14.2 Å². The Labute approximate surface area is 222 Å². The van der Waals surface area contributed by atoms with Crippen molar-refractivity contribution in [3.8, 4) is 5.75 Å². The van der Waals surface area contributed by atoms with Gasteiger partial charge in [0.05, 0.1) is 18.8 Å². The van der Waals surface area contributed by atoms with Gasteiger partial charge in [-0.3, -0.25) is 0 Å². The highest BCUT2D eigenvalue weighted by Crippen LogP contribution is 2.57. The van der Waals surface area contributed by atoms with E-state index in [1.807, 2.05) is 0 Å². The summed E-state index contributed by atoms with van der Waals surface area (Å²) in [5.74, 6) is 4.79. The van der Waals surface area contributed by atoms with Crippen molar-refractivity contribution in [2.45, 2.75) is 125 Å². The lowest BCUT2D eigenvalue weighted by atomic mass is 9.54. The summed E-state index contributed by atoms with van der Waals surface area (Å²) in [6.45, 7) is 19.6. The molecule has 3 nitrogen and oxygen atoms in total. The van der Waals surface area contributed by atoms with Crippen LogP contribution in [0, 0.1) is 34.5 Å². The van der Waals surface area contributed by atoms with E-state index >= 15 is 0 Å². The molecular weight excluding hydrogens is 444 g/mol. The molecule has 4 saturated carbocycles. The fraction of sp³-hybridized carbons (Fsp3) is 0.818. The summed E-state index contributed by atoms with van der Waals surface area (Å²) in [5.41, 5.74) is 1.79. The monoisotopic (exact) mass is 498 g/mol. The van der Waals surface area contributed by atoms with E-state index in [2.05, 4.69) is 79.7 Å². The first-order chi connectivity index (χ1) is 16.9. The number of rotatable bonds is 12. The van der Waals surface area contributed by atoms with E-state index in [0.717, 1.165) is 23.5 Å². The lowest BCUT2D eigenvalue weighted by Gasteiger charge is -2.56. The molecule has 0 radical (unpaired) electrons. The topological polar surface area (TPSA) is 27.7 Å². The Kier molecular flexibility index (Phi) is 8.52. The fourth-order valence-electron chi connectivity index (χ4n) is 7.48. The van der Waals surface area contributed by atoms with Gasteiger partial charge >= 0.3 is 0 Å². The number of ether oxygens (including phenoxy) is 3. The zero-order chi connectivity index (χ0) is 26.1. The molecule has 36 heavy (non-hydrogen) atoms. The summed E-state index contributed by atoms with van der Waals surface area (Å²) in [5, 5.41) is 0. The highest BCUT2D eigenvalue weighted by atomic mass is 16.7. The summed E-state index contributed by atoms with van der Waals surface area (Å²) < 4.78 is 19.3. The van der Waals surface area contributed by atoms with Crippen LogP contribution in [0.2, 0.25) is 0 Å². The van der Waals surface area contributed by atoms with Crippen LogP contribution in [0.5, 0.6) is 5.75 Å². The Bertz CT molecular complexity index is 796. The van der Waals surface area contributed by atoms with Crippen molar-refractivity contribution in [2.75, 3.05) is 13.2 Å². The van der Waals surface area contributed by atoms with Gasteiger partial charge in [0.15, 0.2) is 0 Å². The normalized spacial score (nSPS) is 29.5. The molecule has 4 fully saturated rings. The molecule has 4 aliphatic rings. The first-order valence-corrected chi connectivity index (χ1v) is 14.9. The minimum Gasteiger partial charge on any atom is -0.464 e. The second-order valence-corrected chi connectivity index (χ2v) is 14.8. The molecule has 0 spiro atoms. The van der Waals surface area contributed by atoms with Gasteiger partial charge in [0.2, 0.25) is 6.29 Å². The third-order valence-corrected chi connectivity index (χ3v) is 9.54. The number of benzene rings is 1. The van der Waals surface area contributed by atoms with Crippen molar-refractivity contribution in [3.63, 3.8) is 0 Å². The molecule has 0 saturated heterocycles. The molecule has 2 atom stereocenters. The van der Waals surface area contributed by atoms with E-state index in [0.29, 0.717) is 30.5 Å². The zero-order valence-electron chi connectivity index (χ0n) is 24.6. The summed E-state index contributed by atoms with van der Waals surface area (Å²) in [6.07, 6.45) is 10.3. The second kappa shape index (κ2) is 11.0. The molecule has 1 aromatic carbocycles. The van der Waals surface area contributed by atoms with Gasteiger partial charge in [-0.05, 0) is 97.6 Å². The minimum atomic E-state index is -0.303.